The summed E-state index contributed by atoms with van der Waals surface area (Å²) in [5.41, 5.74) is 5.52. The van der Waals surface area contributed by atoms with Crippen molar-refractivity contribution in [3.8, 4) is 11.5 Å². The summed E-state index contributed by atoms with van der Waals surface area (Å²) in [5, 5.41) is 4.07. The van der Waals surface area contributed by atoms with Crippen LogP contribution in [0.3, 0.4) is 0 Å². The van der Waals surface area contributed by atoms with Crippen LogP contribution in [0.25, 0.3) is 17.0 Å². The van der Waals surface area contributed by atoms with Crippen molar-refractivity contribution in [3.63, 3.8) is 0 Å². The monoisotopic (exact) mass is 611 g/mol. The van der Waals surface area contributed by atoms with E-state index in [2.05, 4.69) is 32.3 Å². The second-order valence-corrected chi connectivity index (χ2v) is 11.1. The number of aliphatic imine (C=N–C) groups is 1. The Morgan fingerprint density at radius 2 is 1.93 bits per heavy atom. The molecule has 4 aromatic rings. The number of pyridine rings is 2. The van der Waals surface area contributed by atoms with Crippen molar-refractivity contribution in [2.24, 2.45) is 10.9 Å². The number of aromatic nitrogens is 2. The number of carbonyl (C=O) groups excluding carboxylic acids is 1. The van der Waals surface area contributed by atoms with Gasteiger partial charge >= 0.3 is 0 Å². The van der Waals surface area contributed by atoms with Crippen molar-refractivity contribution >= 4 is 28.7 Å². The number of methoxy groups -OCH3 is 2. The predicted molar refractivity (Wildman–Crippen MR) is 180 cm³/mol. The first-order chi connectivity index (χ1) is 22.1. The lowest BCUT2D eigenvalue weighted by Gasteiger charge is -2.44. The van der Waals surface area contributed by atoms with Crippen LogP contribution in [0.1, 0.15) is 62.6 Å². The first kappa shape index (κ1) is 31.9. The van der Waals surface area contributed by atoms with Crippen molar-refractivity contribution in [3.05, 3.63) is 89.7 Å². The summed E-state index contributed by atoms with van der Waals surface area (Å²) >= 11 is 0. The zero-order valence-corrected chi connectivity index (χ0v) is 26.7. The third-order valence-corrected chi connectivity index (χ3v) is 8.43. The summed E-state index contributed by atoms with van der Waals surface area (Å²) in [6.45, 7) is 8.19. The topological polar surface area (TPSA) is 102 Å². The predicted octanol–water partition coefficient (Wildman–Crippen LogP) is 6.69. The zero-order chi connectivity index (χ0) is 31.6. The summed E-state index contributed by atoms with van der Waals surface area (Å²) in [6, 6.07) is 13.8. The van der Waals surface area contributed by atoms with Gasteiger partial charge in [-0.05, 0) is 92.7 Å². The summed E-state index contributed by atoms with van der Waals surface area (Å²) < 4.78 is 16.0. The second-order valence-electron chi connectivity index (χ2n) is 11.1. The molecule has 0 radical (unpaired) electrons. The normalized spacial score (nSPS) is 21.1. The maximum atomic E-state index is 12.3. The first-order valence-electron chi connectivity index (χ1n) is 15.9. The number of hydrogen-bond donors (Lipinski definition) is 1. The van der Waals surface area contributed by atoms with Gasteiger partial charge in [0.1, 0.15) is 17.2 Å². The molecule has 7 heterocycles. The SMILES string of the molecule is CC.COc1ccc(/C=C2\CCCN=C2c2cccnc2)c(OC)c1.O=C(N[C@H]1CN2CCC1CC2)c1cc2ccoc2cn1.[HH]. The molecule has 0 spiro atoms. The molecule has 9 heteroatoms. The molecule has 0 saturated carbocycles. The minimum atomic E-state index is -0.0770. The fourth-order valence-electron chi connectivity index (χ4n) is 6.09. The Balaban J connectivity index is 0.000000195. The fourth-order valence-corrected chi connectivity index (χ4v) is 6.09. The Hall–Kier alpha value is -4.50. The van der Waals surface area contributed by atoms with E-state index in [0.717, 1.165) is 59.7 Å². The third-order valence-electron chi connectivity index (χ3n) is 8.43. The lowest BCUT2D eigenvalue weighted by molar-refractivity contribution is 0.0618. The van der Waals surface area contributed by atoms with E-state index in [9.17, 15) is 4.79 Å². The Labute approximate surface area is 266 Å². The van der Waals surface area contributed by atoms with Crippen LogP contribution >= 0.6 is 0 Å². The molecule has 45 heavy (non-hydrogen) atoms. The van der Waals surface area contributed by atoms with Gasteiger partial charge in [-0.25, -0.2) is 4.98 Å². The number of hydrogen-bond acceptors (Lipinski definition) is 8. The van der Waals surface area contributed by atoms with Crippen LogP contribution in [0.5, 0.6) is 11.5 Å². The van der Waals surface area contributed by atoms with E-state index in [0.29, 0.717) is 17.2 Å². The molecule has 3 aromatic heterocycles. The number of nitrogens with one attached hydrogen (secondary N) is 1. The van der Waals surface area contributed by atoms with Gasteiger partial charge in [-0.1, -0.05) is 13.8 Å². The molecule has 1 amide bonds. The standard InChI is InChI=1S/C19H20N2O2.C15H17N3O2.C2H6.H2/c1-22-17-8-7-14(18(12-17)23-2)11-15-5-4-10-21-19(15)16-6-3-9-20-13-16;19-15(12-7-11-3-6-20-14(11)8-16-12)17-13-9-18-4-1-10(13)2-5-18;1-2;/h3,6-9,11-13H,4-5,10H2,1-2H3;3,6-8,10,13H,1-2,4-5,9H2,(H,17,19);1-2H3;1H/b15-11+;;;/t;13-;;/m.0../s1. The molecule has 8 rings (SSSR count). The van der Waals surface area contributed by atoms with Crippen molar-refractivity contribution in [2.75, 3.05) is 40.4 Å². The summed E-state index contributed by atoms with van der Waals surface area (Å²) in [5.74, 6) is 2.13. The summed E-state index contributed by atoms with van der Waals surface area (Å²) in [6.07, 6.45) is 13.5. The van der Waals surface area contributed by atoms with Crippen LogP contribution in [0.4, 0.5) is 0 Å². The Kier molecular flexibility index (Phi) is 11.0. The maximum Gasteiger partial charge on any atom is 0.270 e. The van der Waals surface area contributed by atoms with E-state index in [4.69, 9.17) is 18.9 Å². The molecule has 0 aliphatic carbocycles. The number of ether oxygens (including phenoxy) is 2. The highest BCUT2D eigenvalue weighted by Crippen LogP contribution is 2.30. The number of furan rings is 1. The summed E-state index contributed by atoms with van der Waals surface area (Å²) in [4.78, 5) is 27.9. The van der Waals surface area contributed by atoms with Gasteiger partial charge < -0.3 is 24.1 Å². The minimum absolute atomic E-state index is 0. The first-order valence-corrected chi connectivity index (χ1v) is 15.9. The Bertz CT molecular complexity index is 1630. The molecule has 1 atom stereocenters. The Morgan fingerprint density at radius 1 is 1.09 bits per heavy atom. The van der Waals surface area contributed by atoms with Gasteiger partial charge in [0.15, 0.2) is 5.58 Å². The highest BCUT2D eigenvalue weighted by Gasteiger charge is 2.35. The molecule has 1 aromatic carbocycles. The molecule has 238 valence electrons. The van der Waals surface area contributed by atoms with E-state index >= 15 is 0 Å². The van der Waals surface area contributed by atoms with Crippen molar-refractivity contribution in [1.29, 1.82) is 0 Å². The smallest absolute Gasteiger partial charge is 0.270 e. The van der Waals surface area contributed by atoms with Gasteiger partial charge in [0.2, 0.25) is 0 Å². The molecular weight excluding hydrogens is 566 g/mol. The van der Waals surface area contributed by atoms with Gasteiger partial charge in [0.25, 0.3) is 5.91 Å². The molecule has 3 saturated heterocycles. The van der Waals surface area contributed by atoms with E-state index in [1.165, 1.54) is 31.5 Å². The largest absolute Gasteiger partial charge is 0.497 e. The van der Waals surface area contributed by atoms with Gasteiger partial charge in [0.05, 0.1) is 32.4 Å². The average Bonchev–Trinajstić information content (AvgIpc) is 3.59. The number of carbonyl (C=O) groups is 1. The van der Waals surface area contributed by atoms with Crippen LogP contribution in [0.15, 0.2) is 82.3 Å². The number of amides is 1. The average molecular weight is 612 g/mol. The molecule has 1 N–H and O–H groups in total. The molecular formula is C36H45N5O4. The van der Waals surface area contributed by atoms with E-state index in [1.54, 1.807) is 38.9 Å². The molecule has 4 aliphatic rings. The number of allylic oxidation sites excluding steroid dienone is 1. The van der Waals surface area contributed by atoms with E-state index in [1.807, 2.05) is 50.4 Å². The number of rotatable bonds is 6. The number of benzene rings is 1. The minimum Gasteiger partial charge on any atom is -0.497 e. The lowest BCUT2D eigenvalue weighted by atomic mass is 9.84. The fraction of sp³-hybridized carbons (Fsp3) is 0.389. The molecule has 2 bridgehead atoms. The van der Waals surface area contributed by atoms with Gasteiger partial charge in [-0.2, -0.15) is 0 Å². The number of nitrogens with zero attached hydrogens (tertiary/aromatic N) is 4. The van der Waals surface area contributed by atoms with Crippen LogP contribution in [-0.2, 0) is 0 Å². The van der Waals surface area contributed by atoms with Crippen molar-refractivity contribution < 1.29 is 20.1 Å². The summed E-state index contributed by atoms with van der Waals surface area (Å²) in [7, 11) is 3.33. The maximum absolute atomic E-state index is 12.3. The molecule has 3 fully saturated rings. The van der Waals surface area contributed by atoms with Crippen LogP contribution in [0.2, 0.25) is 0 Å². The van der Waals surface area contributed by atoms with Crippen LogP contribution in [-0.4, -0.2) is 72.9 Å². The van der Waals surface area contributed by atoms with Crippen LogP contribution < -0.4 is 14.8 Å². The van der Waals surface area contributed by atoms with Gasteiger partial charge in [0, 0.05) is 55.5 Å². The van der Waals surface area contributed by atoms with E-state index in [-0.39, 0.29) is 13.4 Å². The van der Waals surface area contributed by atoms with Gasteiger partial charge in [-0.15, -0.1) is 0 Å². The number of fused-ring (bicyclic) bond motifs is 4. The quantitative estimate of drug-likeness (QED) is 0.259. The Morgan fingerprint density at radius 3 is 2.64 bits per heavy atom. The molecule has 0 unspecified atom stereocenters. The second kappa shape index (κ2) is 15.5. The van der Waals surface area contributed by atoms with E-state index < -0.39 is 0 Å². The zero-order valence-electron chi connectivity index (χ0n) is 26.7. The van der Waals surface area contributed by atoms with Crippen molar-refractivity contribution in [2.45, 2.75) is 45.6 Å². The number of piperidine rings is 3. The third kappa shape index (κ3) is 7.78. The molecule has 9 nitrogen and oxygen atoms in total. The van der Waals surface area contributed by atoms with Gasteiger partial charge in [-0.3, -0.25) is 14.8 Å². The molecule has 4 aliphatic heterocycles. The highest BCUT2D eigenvalue weighted by molar-refractivity contribution is 6.15. The van der Waals surface area contributed by atoms with Crippen LogP contribution in [0, 0.1) is 5.92 Å². The van der Waals surface area contributed by atoms with Crippen molar-refractivity contribution in [1.82, 2.24) is 20.2 Å². The highest BCUT2D eigenvalue weighted by atomic mass is 16.5. The lowest BCUT2D eigenvalue weighted by Crippen LogP contribution is -2.57.